The molecule has 43 heavy (non-hydrogen) atoms. The molecule has 1 unspecified atom stereocenters. The third-order valence-corrected chi connectivity index (χ3v) is 7.67. The molecule has 6 aromatic rings. The number of hydrogen-bond donors (Lipinski definition) is 0. The number of furan rings is 1. The maximum atomic E-state index is 12.9. The second-order valence-corrected chi connectivity index (χ2v) is 10.9. The summed E-state index contributed by atoms with van der Waals surface area (Å²) in [6.45, 7) is 3.89. The van der Waals surface area contributed by atoms with Gasteiger partial charge in [0.1, 0.15) is 17.1 Å². The molecule has 6 rings (SSSR count). The Morgan fingerprint density at radius 3 is 1.88 bits per heavy atom. The van der Waals surface area contributed by atoms with E-state index in [2.05, 4.69) is 60.7 Å². The van der Waals surface area contributed by atoms with Crippen molar-refractivity contribution in [2.24, 2.45) is 0 Å². The largest absolute Gasteiger partial charge is 0.476 e. The maximum Gasteiger partial charge on any atom is 0.350 e. The van der Waals surface area contributed by atoms with E-state index in [0.717, 1.165) is 51.0 Å². The normalized spacial score (nSPS) is 12.5. The molecule has 5 aromatic carbocycles. The van der Waals surface area contributed by atoms with Crippen molar-refractivity contribution in [3.8, 4) is 28.0 Å². The first-order chi connectivity index (χ1) is 21.0. The lowest BCUT2D eigenvalue weighted by molar-refractivity contribution is -0.160. The predicted molar refractivity (Wildman–Crippen MR) is 172 cm³/mol. The van der Waals surface area contributed by atoms with Crippen molar-refractivity contribution in [2.75, 3.05) is 6.61 Å². The Labute approximate surface area is 252 Å². The lowest BCUT2D eigenvalue weighted by Crippen LogP contribution is -2.45. The first-order valence-corrected chi connectivity index (χ1v) is 14.7. The Morgan fingerprint density at radius 1 is 0.674 bits per heavy atom. The Hall–Kier alpha value is -5.09. The summed E-state index contributed by atoms with van der Waals surface area (Å²) in [7, 11) is 0. The van der Waals surface area contributed by atoms with Gasteiger partial charge in [-0.15, -0.1) is 0 Å². The van der Waals surface area contributed by atoms with Gasteiger partial charge in [0.2, 0.25) is 5.60 Å². The summed E-state index contributed by atoms with van der Waals surface area (Å²) >= 11 is 0. The average molecular weight is 567 g/mol. The van der Waals surface area contributed by atoms with Gasteiger partial charge in [-0.3, -0.25) is 0 Å². The molecule has 1 heterocycles. The quantitative estimate of drug-likeness (QED) is 0.155. The molecule has 0 amide bonds. The smallest absolute Gasteiger partial charge is 0.350 e. The molecular weight excluding hydrogens is 532 g/mol. The first kappa shape index (κ1) is 28.0. The zero-order valence-corrected chi connectivity index (χ0v) is 24.5. The van der Waals surface area contributed by atoms with Gasteiger partial charge in [0.25, 0.3) is 0 Å². The van der Waals surface area contributed by atoms with Crippen LogP contribution in [0.15, 0.2) is 138 Å². The summed E-state index contributed by atoms with van der Waals surface area (Å²) in [6.07, 6.45) is 1.13. The summed E-state index contributed by atoms with van der Waals surface area (Å²) in [5.41, 5.74) is 6.36. The van der Waals surface area contributed by atoms with Crippen molar-refractivity contribution >= 4 is 16.9 Å². The number of carbonyl (C=O) groups is 1. The highest BCUT2D eigenvalue weighted by molar-refractivity contribution is 5.96. The van der Waals surface area contributed by atoms with Crippen molar-refractivity contribution in [1.82, 2.24) is 0 Å². The van der Waals surface area contributed by atoms with E-state index in [4.69, 9.17) is 13.9 Å². The molecule has 0 bridgehead atoms. The fourth-order valence-electron chi connectivity index (χ4n) is 5.54. The standard InChI is InChI=1S/C39H34O4/c1-3-41-38(40)39(2,27-29-14-8-5-9-15-29)43-33-24-22-31(23-25-33)30-18-20-32(21-19-30)37-34-16-10-11-17-35(34)42-36(37)26-28-12-6-4-7-13-28/h4-25H,3,26-27H2,1-2H3. The third-order valence-electron chi connectivity index (χ3n) is 7.67. The molecule has 0 aliphatic carbocycles. The highest BCUT2D eigenvalue weighted by Gasteiger charge is 2.37. The molecular formula is C39H34O4. The van der Waals surface area contributed by atoms with E-state index >= 15 is 0 Å². The molecule has 0 aliphatic rings. The predicted octanol–water partition coefficient (Wildman–Crippen LogP) is 9.30. The molecule has 4 nitrogen and oxygen atoms in total. The number of rotatable bonds is 10. The minimum absolute atomic E-state index is 0.296. The zero-order valence-electron chi connectivity index (χ0n) is 24.5. The Kier molecular flexibility index (Phi) is 8.10. The molecule has 214 valence electrons. The van der Waals surface area contributed by atoms with E-state index in [1.54, 1.807) is 13.8 Å². The second-order valence-electron chi connectivity index (χ2n) is 10.9. The Balaban J connectivity index is 1.24. The molecule has 0 spiro atoms. The van der Waals surface area contributed by atoms with Crippen LogP contribution in [0.1, 0.15) is 30.7 Å². The maximum absolute atomic E-state index is 12.9. The monoisotopic (exact) mass is 566 g/mol. The summed E-state index contributed by atoms with van der Waals surface area (Å²) in [5.74, 6) is 1.20. The van der Waals surface area contributed by atoms with Crippen molar-refractivity contribution in [3.05, 3.63) is 150 Å². The molecule has 1 atom stereocenters. The van der Waals surface area contributed by atoms with Crippen molar-refractivity contribution in [3.63, 3.8) is 0 Å². The van der Waals surface area contributed by atoms with Crippen LogP contribution in [0.2, 0.25) is 0 Å². The molecule has 1 aromatic heterocycles. The number of hydrogen-bond acceptors (Lipinski definition) is 4. The fourth-order valence-corrected chi connectivity index (χ4v) is 5.54. The first-order valence-electron chi connectivity index (χ1n) is 14.7. The van der Waals surface area contributed by atoms with Crippen LogP contribution in [0.4, 0.5) is 0 Å². The lowest BCUT2D eigenvalue weighted by atomic mass is 9.95. The number of esters is 1. The summed E-state index contributed by atoms with van der Waals surface area (Å²) in [6, 6.07) is 44.9. The highest BCUT2D eigenvalue weighted by Crippen LogP contribution is 2.37. The second kappa shape index (κ2) is 12.4. The van der Waals surface area contributed by atoms with Crippen LogP contribution < -0.4 is 4.74 Å². The SMILES string of the molecule is CCOC(=O)C(C)(Cc1ccccc1)Oc1ccc(-c2ccc(-c3c(Cc4ccccc4)oc4ccccc34)cc2)cc1. The molecule has 0 radical (unpaired) electrons. The molecule has 0 saturated carbocycles. The van der Waals surface area contributed by atoms with Gasteiger partial charge in [0.05, 0.1) is 6.61 Å². The number of carbonyl (C=O) groups excluding carboxylic acids is 1. The van der Waals surface area contributed by atoms with Crippen molar-refractivity contribution < 1.29 is 18.7 Å². The third kappa shape index (κ3) is 6.24. The van der Waals surface area contributed by atoms with Crippen LogP contribution in [-0.2, 0) is 22.4 Å². The van der Waals surface area contributed by atoms with E-state index < -0.39 is 5.60 Å². The van der Waals surface area contributed by atoms with Gasteiger partial charge in [-0.2, -0.15) is 0 Å². The Bertz CT molecular complexity index is 1800. The van der Waals surface area contributed by atoms with E-state index in [-0.39, 0.29) is 5.97 Å². The van der Waals surface area contributed by atoms with Crippen LogP contribution in [0, 0.1) is 0 Å². The van der Waals surface area contributed by atoms with Crippen molar-refractivity contribution in [2.45, 2.75) is 32.3 Å². The minimum atomic E-state index is -1.15. The van der Waals surface area contributed by atoms with Gasteiger partial charge in [-0.1, -0.05) is 115 Å². The molecule has 0 aliphatic heterocycles. The number of fused-ring (bicyclic) bond motifs is 1. The number of para-hydroxylation sites is 1. The van der Waals surface area contributed by atoms with Gasteiger partial charge >= 0.3 is 5.97 Å². The van der Waals surface area contributed by atoms with Gasteiger partial charge in [0, 0.05) is 23.8 Å². The van der Waals surface area contributed by atoms with Gasteiger partial charge < -0.3 is 13.9 Å². The van der Waals surface area contributed by atoms with Crippen molar-refractivity contribution in [1.29, 1.82) is 0 Å². The van der Waals surface area contributed by atoms with Gasteiger partial charge in [0.15, 0.2) is 0 Å². The molecule has 0 fully saturated rings. The molecule has 4 heteroatoms. The van der Waals surface area contributed by atoms with E-state index in [9.17, 15) is 4.79 Å². The Morgan fingerprint density at radius 2 is 1.23 bits per heavy atom. The molecule has 0 saturated heterocycles. The minimum Gasteiger partial charge on any atom is -0.476 e. The van der Waals surface area contributed by atoms with Crippen LogP contribution in [-0.4, -0.2) is 18.2 Å². The van der Waals surface area contributed by atoms with Crippen LogP contribution in [0.25, 0.3) is 33.2 Å². The summed E-state index contributed by atoms with van der Waals surface area (Å²) < 4.78 is 18.0. The van der Waals surface area contributed by atoms with Gasteiger partial charge in [-0.25, -0.2) is 4.79 Å². The lowest BCUT2D eigenvalue weighted by Gasteiger charge is -2.28. The topological polar surface area (TPSA) is 48.7 Å². The summed E-state index contributed by atoms with van der Waals surface area (Å²) in [4.78, 5) is 12.9. The summed E-state index contributed by atoms with van der Waals surface area (Å²) in [5, 5.41) is 1.11. The van der Waals surface area contributed by atoms with Gasteiger partial charge in [-0.05, 0) is 59.9 Å². The van der Waals surface area contributed by atoms with Crippen LogP contribution in [0.3, 0.4) is 0 Å². The number of ether oxygens (including phenoxy) is 2. The van der Waals surface area contributed by atoms with Crippen LogP contribution >= 0.6 is 0 Å². The zero-order chi connectivity index (χ0) is 29.6. The number of benzene rings is 5. The fraction of sp³-hybridized carbons (Fsp3) is 0.154. The van der Waals surface area contributed by atoms with E-state index in [1.165, 1.54) is 5.56 Å². The highest BCUT2D eigenvalue weighted by atomic mass is 16.6. The van der Waals surface area contributed by atoms with Crippen LogP contribution in [0.5, 0.6) is 5.75 Å². The van der Waals surface area contributed by atoms with E-state index in [1.807, 2.05) is 72.8 Å². The van der Waals surface area contributed by atoms with E-state index in [0.29, 0.717) is 18.8 Å². The molecule has 0 N–H and O–H groups in total. The average Bonchev–Trinajstić information content (AvgIpc) is 3.40.